The van der Waals surface area contributed by atoms with Crippen molar-refractivity contribution in [1.29, 1.82) is 0 Å². The molecule has 9 aromatic rings. The van der Waals surface area contributed by atoms with E-state index in [1.807, 2.05) is 0 Å². The van der Waals surface area contributed by atoms with Crippen LogP contribution in [0, 0.1) is 0 Å². The summed E-state index contributed by atoms with van der Waals surface area (Å²) in [5.41, 5.74) is 8.25. The molecule has 9 rings (SSSR count). The van der Waals surface area contributed by atoms with E-state index in [1.165, 1.54) is 71.0 Å². The van der Waals surface area contributed by atoms with Gasteiger partial charge in [-0.05, 0) is 67.0 Å². The summed E-state index contributed by atoms with van der Waals surface area (Å²) in [7, 11) is 0. The van der Waals surface area contributed by atoms with Crippen molar-refractivity contribution >= 4 is 60.2 Å². The van der Waals surface area contributed by atoms with E-state index in [9.17, 15) is 0 Å². The molecule has 0 spiro atoms. The number of fused-ring (bicyclic) bond motifs is 5. The number of hydrogen-bond donors (Lipinski definition) is 0. The van der Waals surface area contributed by atoms with Gasteiger partial charge in [-0.25, -0.2) is 0 Å². The second-order valence-corrected chi connectivity index (χ2v) is 12.1. The molecule has 0 aliphatic rings. The Morgan fingerprint density at radius 3 is 1.68 bits per heavy atom. The van der Waals surface area contributed by atoms with Crippen LogP contribution in [-0.2, 0) is 0 Å². The molecule has 0 N–H and O–H groups in total. The van der Waals surface area contributed by atoms with Gasteiger partial charge in [0, 0.05) is 22.2 Å². The molecule has 0 aromatic heterocycles. The molecule has 0 fully saturated rings. The van der Waals surface area contributed by atoms with Crippen LogP contribution in [0.1, 0.15) is 0 Å². The Balaban J connectivity index is 1.49. The van der Waals surface area contributed by atoms with Crippen molar-refractivity contribution in [2.75, 3.05) is 4.90 Å². The summed E-state index contributed by atoms with van der Waals surface area (Å²) < 4.78 is 0. The van der Waals surface area contributed by atoms with Gasteiger partial charge in [-0.15, -0.1) is 0 Å². The monoisotopic (exact) mass is 597 g/mol. The van der Waals surface area contributed by atoms with Crippen LogP contribution in [0.25, 0.3) is 65.3 Å². The number of para-hydroxylation sites is 1. The Hall–Kier alpha value is -6.18. The highest BCUT2D eigenvalue weighted by Gasteiger charge is 2.26. The van der Waals surface area contributed by atoms with Gasteiger partial charge in [0.25, 0.3) is 0 Å². The fourth-order valence-electron chi connectivity index (χ4n) is 7.31. The van der Waals surface area contributed by atoms with Gasteiger partial charge in [-0.1, -0.05) is 170 Å². The molecule has 1 nitrogen and oxygen atoms in total. The molecule has 0 radical (unpaired) electrons. The fourth-order valence-corrected chi connectivity index (χ4v) is 7.31. The lowest BCUT2D eigenvalue weighted by Gasteiger charge is -2.32. The predicted octanol–water partition coefficient (Wildman–Crippen LogP) is 13.1. The summed E-state index contributed by atoms with van der Waals surface area (Å²) in [5.74, 6) is 0. The van der Waals surface area contributed by atoms with Gasteiger partial charge in [0.1, 0.15) is 0 Å². The van der Waals surface area contributed by atoms with Crippen LogP contribution >= 0.6 is 0 Å². The lowest BCUT2D eigenvalue weighted by atomic mass is 9.87. The Morgan fingerprint density at radius 1 is 0.319 bits per heavy atom. The molecule has 47 heavy (non-hydrogen) atoms. The number of anilines is 3. The van der Waals surface area contributed by atoms with Gasteiger partial charge in [0.2, 0.25) is 0 Å². The normalized spacial score (nSPS) is 11.4. The van der Waals surface area contributed by atoms with Crippen molar-refractivity contribution in [2.45, 2.75) is 0 Å². The van der Waals surface area contributed by atoms with E-state index in [0.717, 1.165) is 11.4 Å². The van der Waals surface area contributed by atoms with Gasteiger partial charge in [0.15, 0.2) is 0 Å². The summed E-state index contributed by atoms with van der Waals surface area (Å²) in [6.07, 6.45) is 0. The molecule has 1 heteroatoms. The molecule has 0 saturated carbocycles. The van der Waals surface area contributed by atoms with Crippen LogP contribution < -0.4 is 4.90 Å². The molecule has 0 unspecified atom stereocenters. The fraction of sp³-hybridized carbons (Fsp3) is 0. The lowest BCUT2D eigenvalue weighted by molar-refractivity contribution is 1.31. The number of rotatable bonds is 5. The van der Waals surface area contributed by atoms with E-state index in [4.69, 9.17) is 0 Å². The molecule has 0 saturated heterocycles. The first-order chi connectivity index (χ1) is 23.3. The van der Waals surface area contributed by atoms with Gasteiger partial charge in [-0.2, -0.15) is 0 Å². The average molecular weight is 598 g/mol. The quantitative estimate of drug-likeness (QED) is 0.178. The standard InChI is InChI=1S/C46H31N/c1-2-16-34(17-3-1)38-22-12-13-28-44(38)47(36-30-29-32-15-4-5-19-35(32)31-36)46-43-26-11-9-24-40(43)39-23-8-10-25-42(39)45(46)41-27-14-20-33-18-6-7-21-37(33)41/h1-31H. The van der Waals surface area contributed by atoms with Crippen LogP contribution in [0.15, 0.2) is 188 Å². The molecular formula is C46H31N. The van der Waals surface area contributed by atoms with Crippen molar-refractivity contribution in [1.82, 2.24) is 0 Å². The second-order valence-electron chi connectivity index (χ2n) is 12.1. The van der Waals surface area contributed by atoms with Crippen molar-refractivity contribution in [3.63, 3.8) is 0 Å². The average Bonchev–Trinajstić information content (AvgIpc) is 3.15. The van der Waals surface area contributed by atoms with Crippen molar-refractivity contribution in [3.05, 3.63) is 188 Å². The van der Waals surface area contributed by atoms with Gasteiger partial charge >= 0.3 is 0 Å². The Kier molecular flexibility index (Phi) is 6.54. The first kappa shape index (κ1) is 27.2. The van der Waals surface area contributed by atoms with E-state index >= 15 is 0 Å². The third kappa shape index (κ3) is 4.56. The molecule has 0 atom stereocenters. The maximum Gasteiger partial charge on any atom is 0.0625 e. The summed E-state index contributed by atoms with van der Waals surface area (Å²) in [6, 6.07) is 68.4. The van der Waals surface area contributed by atoms with E-state index in [2.05, 4.69) is 193 Å². The SMILES string of the molecule is c1ccc(-c2ccccc2N(c2ccc3ccccc3c2)c2c(-c3cccc4ccccc34)c3ccccc3c3ccccc23)cc1. The maximum absolute atomic E-state index is 2.51. The van der Waals surface area contributed by atoms with Gasteiger partial charge in [0.05, 0.1) is 11.4 Å². The number of hydrogen-bond acceptors (Lipinski definition) is 1. The van der Waals surface area contributed by atoms with Crippen molar-refractivity contribution in [2.24, 2.45) is 0 Å². The van der Waals surface area contributed by atoms with Crippen LogP contribution in [0.5, 0.6) is 0 Å². The highest BCUT2D eigenvalue weighted by atomic mass is 15.1. The van der Waals surface area contributed by atoms with E-state index in [0.29, 0.717) is 0 Å². The van der Waals surface area contributed by atoms with Crippen molar-refractivity contribution < 1.29 is 0 Å². The minimum Gasteiger partial charge on any atom is -0.309 e. The van der Waals surface area contributed by atoms with Crippen LogP contribution in [0.4, 0.5) is 17.1 Å². The minimum absolute atomic E-state index is 1.12. The largest absolute Gasteiger partial charge is 0.309 e. The zero-order valence-corrected chi connectivity index (χ0v) is 25.8. The predicted molar refractivity (Wildman–Crippen MR) is 202 cm³/mol. The Morgan fingerprint density at radius 2 is 0.872 bits per heavy atom. The van der Waals surface area contributed by atoms with Crippen LogP contribution in [0.2, 0.25) is 0 Å². The topological polar surface area (TPSA) is 3.24 Å². The zero-order valence-electron chi connectivity index (χ0n) is 25.8. The van der Waals surface area contributed by atoms with Crippen molar-refractivity contribution in [3.8, 4) is 22.3 Å². The third-order valence-electron chi connectivity index (χ3n) is 9.41. The summed E-state index contributed by atoms with van der Waals surface area (Å²) in [5, 5.41) is 9.86. The van der Waals surface area contributed by atoms with Crippen LogP contribution in [-0.4, -0.2) is 0 Å². The van der Waals surface area contributed by atoms with Gasteiger partial charge in [-0.3, -0.25) is 0 Å². The molecule has 0 aliphatic carbocycles. The molecule has 220 valence electrons. The molecule has 0 aliphatic heterocycles. The third-order valence-corrected chi connectivity index (χ3v) is 9.41. The van der Waals surface area contributed by atoms with E-state index in [1.54, 1.807) is 0 Å². The first-order valence-electron chi connectivity index (χ1n) is 16.2. The van der Waals surface area contributed by atoms with E-state index in [-0.39, 0.29) is 0 Å². The van der Waals surface area contributed by atoms with E-state index < -0.39 is 0 Å². The summed E-state index contributed by atoms with van der Waals surface area (Å²) in [6.45, 7) is 0. The molecule has 0 heterocycles. The summed E-state index contributed by atoms with van der Waals surface area (Å²) in [4.78, 5) is 2.51. The molecule has 0 amide bonds. The lowest BCUT2D eigenvalue weighted by Crippen LogP contribution is -2.13. The highest BCUT2D eigenvalue weighted by Crippen LogP contribution is 2.52. The maximum atomic E-state index is 2.51. The smallest absolute Gasteiger partial charge is 0.0625 e. The van der Waals surface area contributed by atoms with Gasteiger partial charge < -0.3 is 4.90 Å². The Labute approximate surface area is 274 Å². The zero-order chi connectivity index (χ0) is 31.2. The summed E-state index contributed by atoms with van der Waals surface area (Å²) >= 11 is 0. The highest BCUT2D eigenvalue weighted by molar-refractivity contribution is 6.24. The minimum atomic E-state index is 1.12. The Bertz CT molecular complexity index is 2580. The molecule has 9 aromatic carbocycles. The van der Waals surface area contributed by atoms with Crippen LogP contribution in [0.3, 0.4) is 0 Å². The second kappa shape index (κ2) is 11.3. The number of benzene rings is 9. The number of nitrogens with zero attached hydrogens (tertiary/aromatic N) is 1. The first-order valence-corrected chi connectivity index (χ1v) is 16.2. The molecule has 0 bridgehead atoms. The molecular weight excluding hydrogens is 567 g/mol.